The molecule has 12 heteroatoms. The summed E-state index contributed by atoms with van der Waals surface area (Å²) in [5, 5.41) is 7.67. The number of esters is 2. The molecule has 0 unspecified atom stereocenters. The molecule has 2 aliphatic heterocycles. The molecule has 0 bridgehead atoms. The molecule has 3 aromatic heterocycles. The number of rotatable bonds is 16. The molecular formula is C50H66N4O6S2. The van der Waals surface area contributed by atoms with Crippen LogP contribution in [0.2, 0.25) is 0 Å². The summed E-state index contributed by atoms with van der Waals surface area (Å²) in [6, 6.07) is 20.2. The lowest BCUT2D eigenvalue weighted by atomic mass is 9.74. The average molecular weight is 883 g/mol. The van der Waals surface area contributed by atoms with E-state index in [0.29, 0.717) is 26.3 Å². The van der Waals surface area contributed by atoms with Crippen molar-refractivity contribution in [2.24, 2.45) is 10.8 Å². The maximum Gasteiger partial charge on any atom is 0.312 e. The Morgan fingerprint density at radius 2 is 1.19 bits per heavy atom. The van der Waals surface area contributed by atoms with E-state index in [2.05, 4.69) is 71.1 Å². The molecule has 10 nitrogen and oxygen atoms in total. The Bertz CT molecular complexity index is 2410. The average Bonchev–Trinajstić information content (AvgIpc) is 3.78. The highest BCUT2D eigenvalue weighted by atomic mass is 32.2. The zero-order valence-corrected chi connectivity index (χ0v) is 39.3. The number of nitrogens with one attached hydrogen (secondary N) is 1. The van der Waals surface area contributed by atoms with Gasteiger partial charge < -0.3 is 28.8 Å². The lowest BCUT2D eigenvalue weighted by molar-refractivity contribution is -0.159. The van der Waals surface area contributed by atoms with Crippen LogP contribution in [-0.4, -0.2) is 77.7 Å². The second-order valence-electron chi connectivity index (χ2n) is 17.3. The number of thioether (sulfide) groups is 1. The number of pyridine rings is 2. The van der Waals surface area contributed by atoms with Crippen LogP contribution >= 0.6 is 23.1 Å². The predicted molar refractivity (Wildman–Crippen MR) is 255 cm³/mol. The van der Waals surface area contributed by atoms with E-state index in [4.69, 9.17) is 9.47 Å². The Morgan fingerprint density at radius 3 is 1.66 bits per heavy atom. The molecule has 0 saturated carbocycles. The second kappa shape index (κ2) is 21.9. The molecule has 334 valence electrons. The van der Waals surface area contributed by atoms with Gasteiger partial charge in [-0.15, -0.1) is 23.1 Å². The number of aromatic nitrogens is 2. The molecule has 0 atom stereocenters. The Labute approximate surface area is 375 Å². The number of thiophene rings is 1. The van der Waals surface area contributed by atoms with Crippen molar-refractivity contribution in [3.63, 3.8) is 0 Å². The number of nitrogens with zero attached hydrogens (tertiary/aromatic N) is 3. The van der Waals surface area contributed by atoms with Crippen LogP contribution in [0.4, 0.5) is 0 Å². The molecule has 5 heterocycles. The number of aryl methyl sites for hydroxylation is 6. The van der Waals surface area contributed by atoms with Crippen LogP contribution in [0.15, 0.2) is 79.8 Å². The third kappa shape index (κ3) is 11.5. The van der Waals surface area contributed by atoms with Crippen molar-refractivity contribution in [3.05, 3.63) is 109 Å². The van der Waals surface area contributed by atoms with Crippen molar-refractivity contribution in [3.8, 4) is 0 Å². The van der Waals surface area contributed by atoms with E-state index in [1.165, 1.54) is 4.21 Å². The molecule has 62 heavy (non-hydrogen) atoms. The highest BCUT2D eigenvalue weighted by Gasteiger charge is 2.42. The minimum absolute atomic E-state index is 0.0288. The van der Waals surface area contributed by atoms with Crippen LogP contribution in [0.1, 0.15) is 87.5 Å². The molecule has 2 aliphatic rings. The summed E-state index contributed by atoms with van der Waals surface area (Å²) in [5.74, 6) is 0.920. The monoisotopic (exact) mass is 882 g/mol. The third-order valence-electron chi connectivity index (χ3n) is 13.0. The Kier molecular flexibility index (Phi) is 16.7. The van der Waals surface area contributed by atoms with Crippen molar-refractivity contribution in [2.75, 3.05) is 51.7 Å². The van der Waals surface area contributed by atoms with Crippen LogP contribution in [0.25, 0.3) is 21.8 Å². The fourth-order valence-electron chi connectivity index (χ4n) is 9.34. The number of carbonyl (C=O) groups is 2. The van der Waals surface area contributed by atoms with Crippen LogP contribution in [0.3, 0.4) is 0 Å². The van der Waals surface area contributed by atoms with Crippen molar-refractivity contribution >= 4 is 56.8 Å². The Morgan fingerprint density at radius 1 is 0.694 bits per heavy atom. The zero-order valence-electron chi connectivity index (χ0n) is 37.7. The molecule has 0 aliphatic carbocycles. The summed E-state index contributed by atoms with van der Waals surface area (Å²) >= 11 is 3.69. The van der Waals surface area contributed by atoms with E-state index in [1.807, 2.05) is 55.5 Å². The summed E-state index contributed by atoms with van der Waals surface area (Å²) < 4.78 is 16.0. The summed E-state index contributed by atoms with van der Waals surface area (Å²) in [7, 11) is 0. The number of hydrogen-bond acceptors (Lipinski definition) is 10. The first kappa shape index (κ1) is 47.3. The molecule has 0 radical (unpaired) electrons. The van der Waals surface area contributed by atoms with Gasteiger partial charge in [-0.1, -0.05) is 30.3 Å². The normalized spacial score (nSPS) is 16.2. The van der Waals surface area contributed by atoms with E-state index in [9.17, 15) is 19.2 Å². The fraction of sp³-hybridized carbons (Fsp3) is 0.520. The zero-order chi connectivity index (χ0) is 44.3. The molecule has 5 aromatic rings. The number of piperidine rings is 2. The van der Waals surface area contributed by atoms with Gasteiger partial charge in [0.05, 0.1) is 39.3 Å². The van der Waals surface area contributed by atoms with Crippen LogP contribution < -0.4 is 16.4 Å². The SMILES string of the molecule is CCOC(=O)C1(CCCn2c(=O)cc(C)c3ccc(C)cc32)CCN(CCSc2cccs2)CC1.CCOC(=O)C1(CCCn2c(=O)cc(C)c3ccc(C)cc32)CCNCC1. The van der Waals surface area contributed by atoms with Gasteiger partial charge >= 0.3 is 11.9 Å². The van der Waals surface area contributed by atoms with Crippen LogP contribution in [0, 0.1) is 38.5 Å². The number of fused-ring (bicyclic) bond motifs is 2. The van der Waals surface area contributed by atoms with Crippen molar-refractivity contribution in [2.45, 2.75) is 110 Å². The molecule has 0 amide bonds. The maximum absolute atomic E-state index is 13.1. The molecule has 2 fully saturated rings. The third-order valence-corrected chi connectivity index (χ3v) is 15.1. The second-order valence-corrected chi connectivity index (χ2v) is 19.6. The van der Waals surface area contributed by atoms with Gasteiger partial charge in [0.2, 0.25) is 0 Å². The molecule has 7 rings (SSSR count). The first-order chi connectivity index (χ1) is 29.9. The Hall–Kier alpha value is -4.23. The molecule has 2 aromatic carbocycles. The van der Waals surface area contributed by atoms with Gasteiger partial charge in [0, 0.05) is 48.3 Å². The van der Waals surface area contributed by atoms with Crippen molar-refractivity contribution < 1.29 is 19.1 Å². The molecule has 0 spiro atoms. The highest BCUT2D eigenvalue weighted by molar-refractivity contribution is 8.01. The Balaban J connectivity index is 0.000000214. The molecule has 2 saturated heterocycles. The van der Waals surface area contributed by atoms with Crippen molar-refractivity contribution in [1.29, 1.82) is 0 Å². The maximum atomic E-state index is 13.1. The van der Waals surface area contributed by atoms with E-state index < -0.39 is 10.8 Å². The summed E-state index contributed by atoms with van der Waals surface area (Å²) in [5.41, 5.74) is 5.46. The predicted octanol–water partition coefficient (Wildman–Crippen LogP) is 9.23. The van der Waals surface area contributed by atoms with Crippen molar-refractivity contribution in [1.82, 2.24) is 19.4 Å². The van der Waals surface area contributed by atoms with E-state index >= 15 is 0 Å². The topological polar surface area (TPSA) is 112 Å². The van der Waals surface area contributed by atoms with Gasteiger partial charge in [0.1, 0.15) is 0 Å². The smallest absolute Gasteiger partial charge is 0.312 e. The number of ether oxygens (including phenoxy) is 2. The fourth-order valence-corrected chi connectivity index (χ4v) is 11.2. The minimum atomic E-state index is -0.451. The summed E-state index contributed by atoms with van der Waals surface area (Å²) in [4.78, 5) is 53.7. The number of benzene rings is 2. The van der Waals surface area contributed by atoms with Crippen LogP contribution in [-0.2, 0) is 32.2 Å². The van der Waals surface area contributed by atoms with Gasteiger partial charge in [-0.2, -0.15) is 0 Å². The summed E-state index contributed by atoms with van der Waals surface area (Å²) in [6.07, 6.45) is 6.29. The molecular weight excluding hydrogens is 817 g/mol. The largest absolute Gasteiger partial charge is 0.466 e. The van der Waals surface area contributed by atoms with E-state index in [1.54, 1.807) is 23.5 Å². The molecule has 1 N–H and O–H groups in total. The first-order valence-corrected chi connectivity index (χ1v) is 24.4. The number of hydrogen-bond donors (Lipinski definition) is 1. The lowest BCUT2D eigenvalue weighted by Crippen LogP contribution is -2.46. The standard InChI is InChI=1S/C28H36N2O3S2.C22H30N2O3/c1-4-33-27(32)28(11-14-29(15-12-28)16-18-35-26-7-5-17-34-26)10-6-13-30-24-19-21(2)8-9-23(24)22(3)20-25(30)31;1-4-27-21(26)22(9-11-23-12-10-22)8-5-13-24-19-14-16(2)6-7-18(19)17(3)15-20(24)25/h5,7-9,17,19-20H,4,6,10-16,18H2,1-3H3;6-7,14-15,23H,4-5,8-13H2,1-3H3. The van der Waals surface area contributed by atoms with Gasteiger partial charge in [0.15, 0.2) is 0 Å². The number of likely N-dealkylation sites (tertiary alicyclic amines) is 1. The summed E-state index contributed by atoms with van der Waals surface area (Å²) in [6.45, 7) is 18.4. The first-order valence-electron chi connectivity index (χ1n) is 22.5. The minimum Gasteiger partial charge on any atom is -0.466 e. The van der Waals surface area contributed by atoms with Gasteiger partial charge in [0.25, 0.3) is 11.1 Å². The van der Waals surface area contributed by atoms with E-state index in [0.717, 1.165) is 134 Å². The van der Waals surface area contributed by atoms with Gasteiger partial charge in [-0.05, 0) is 165 Å². The highest BCUT2D eigenvalue weighted by Crippen LogP contribution is 2.39. The van der Waals surface area contributed by atoms with Crippen LogP contribution in [0.5, 0.6) is 0 Å². The van der Waals surface area contributed by atoms with Gasteiger partial charge in [-0.3, -0.25) is 19.2 Å². The number of carbonyl (C=O) groups excluding carboxylic acids is 2. The van der Waals surface area contributed by atoms with Gasteiger partial charge in [-0.25, -0.2) is 0 Å². The lowest BCUT2D eigenvalue weighted by Gasteiger charge is -2.40. The van der Waals surface area contributed by atoms with E-state index in [-0.39, 0.29) is 23.1 Å². The quantitative estimate of drug-likeness (QED) is 0.0766.